The summed E-state index contributed by atoms with van der Waals surface area (Å²) in [5.74, 6) is -1.25. The number of carboxylic acids is 1. The van der Waals surface area contributed by atoms with Crippen LogP contribution in [-0.2, 0) is 0 Å². The number of nitro groups is 1. The average molecular weight is 268 g/mol. The Morgan fingerprint density at radius 1 is 1.58 bits per heavy atom. The quantitative estimate of drug-likeness (QED) is 0.586. The van der Waals surface area contributed by atoms with Crippen molar-refractivity contribution in [2.24, 2.45) is 0 Å². The van der Waals surface area contributed by atoms with Gasteiger partial charge in [-0.05, 0) is 27.1 Å². The topological polar surface area (TPSA) is 109 Å². The van der Waals surface area contributed by atoms with Gasteiger partial charge in [-0.3, -0.25) is 10.1 Å². The number of rotatable bonds is 6. The first kappa shape index (κ1) is 14.8. The van der Waals surface area contributed by atoms with Gasteiger partial charge in [0.25, 0.3) is 0 Å². The molecule has 1 heterocycles. The molecule has 0 aliphatic rings. The van der Waals surface area contributed by atoms with Gasteiger partial charge in [0.1, 0.15) is 0 Å². The maximum atomic E-state index is 10.9. The molecule has 1 aromatic rings. The van der Waals surface area contributed by atoms with Crippen molar-refractivity contribution in [3.05, 3.63) is 27.9 Å². The zero-order valence-corrected chi connectivity index (χ0v) is 11.0. The number of anilines is 1. The molecule has 1 atom stereocenters. The average Bonchev–Trinajstić information content (AvgIpc) is 2.26. The van der Waals surface area contributed by atoms with E-state index >= 15 is 0 Å². The maximum absolute atomic E-state index is 10.9. The molecule has 0 amide bonds. The fraction of sp³-hybridized carbons (Fsp3) is 0.455. The largest absolute Gasteiger partial charge is 0.477 e. The van der Waals surface area contributed by atoms with Crippen molar-refractivity contribution in [2.45, 2.75) is 13.0 Å². The van der Waals surface area contributed by atoms with E-state index in [1.54, 1.807) is 0 Å². The van der Waals surface area contributed by atoms with Crippen LogP contribution in [0.3, 0.4) is 0 Å². The van der Waals surface area contributed by atoms with E-state index in [2.05, 4.69) is 10.3 Å². The van der Waals surface area contributed by atoms with Crippen LogP contribution in [0.2, 0.25) is 0 Å². The molecule has 0 bridgehead atoms. The summed E-state index contributed by atoms with van der Waals surface area (Å²) in [4.78, 5) is 26.8. The lowest BCUT2D eigenvalue weighted by Gasteiger charge is -2.18. The molecule has 0 radical (unpaired) electrons. The summed E-state index contributed by atoms with van der Waals surface area (Å²) in [6, 6.07) is 2.15. The first-order chi connectivity index (χ1) is 8.81. The third kappa shape index (κ3) is 4.18. The third-order valence-electron chi connectivity index (χ3n) is 2.31. The van der Waals surface area contributed by atoms with Crippen molar-refractivity contribution in [1.82, 2.24) is 9.88 Å². The highest BCUT2D eigenvalue weighted by Gasteiger charge is 2.19. The second kappa shape index (κ2) is 6.10. The Morgan fingerprint density at radius 3 is 2.68 bits per heavy atom. The molecule has 104 valence electrons. The number of hydrogen-bond acceptors (Lipinski definition) is 6. The molecule has 0 fully saturated rings. The number of nitrogens with zero attached hydrogens (tertiary/aromatic N) is 3. The van der Waals surface area contributed by atoms with Crippen LogP contribution in [0.15, 0.2) is 12.1 Å². The van der Waals surface area contributed by atoms with E-state index in [-0.39, 0.29) is 23.2 Å². The van der Waals surface area contributed by atoms with Gasteiger partial charge in [-0.25, -0.2) is 9.78 Å². The highest BCUT2D eigenvalue weighted by molar-refractivity contribution is 5.86. The number of carboxylic acid groups (broad SMARTS) is 1. The lowest BCUT2D eigenvalue weighted by Crippen LogP contribution is -2.30. The number of hydrogen-bond donors (Lipinski definition) is 2. The molecule has 0 spiro atoms. The van der Waals surface area contributed by atoms with Crippen LogP contribution in [0, 0.1) is 10.1 Å². The molecule has 8 heteroatoms. The minimum atomic E-state index is -1.22. The molecule has 0 aliphatic carbocycles. The van der Waals surface area contributed by atoms with Crippen LogP contribution >= 0.6 is 0 Å². The Morgan fingerprint density at radius 2 is 2.21 bits per heavy atom. The first-order valence-corrected chi connectivity index (χ1v) is 5.61. The van der Waals surface area contributed by atoms with Gasteiger partial charge in [-0.2, -0.15) is 0 Å². The number of pyridine rings is 1. The predicted molar refractivity (Wildman–Crippen MR) is 69.5 cm³/mol. The minimum Gasteiger partial charge on any atom is -0.477 e. The number of nitrogens with one attached hydrogen (secondary N) is 1. The fourth-order valence-corrected chi connectivity index (χ4v) is 1.65. The molecule has 0 aliphatic heterocycles. The normalized spacial score (nSPS) is 12.2. The van der Waals surface area contributed by atoms with E-state index in [1.807, 2.05) is 25.9 Å². The second-order valence-corrected chi connectivity index (χ2v) is 4.43. The van der Waals surface area contributed by atoms with Crippen LogP contribution in [0.4, 0.5) is 11.5 Å². The minimum absolute atomic E-state index is 0.0285. The fourth-order valence-electron chi connectivity index (χ4n) is 1.65. The van der Waals surface area contributed by atoms with E-state index in [1.165, 1.54) is 0 Å². The highest BCUT2D eigenvalue weighted by atomic mass is 16.6. The summed E-state index contributed by atoms with van der Waals surface area (Å²) in [7, 11) is 3.74. The van der Waals surface area contributed by atoms with Gasteiger partial charge in [0, 0.05) is 18.7 Å². The highest BCUT2D eigenvalue weighted by Crippen LogP contribution is 2.22. The van der Waals surface area contributed by atoms with Gasteiger partial charge in [0.15, 0.2) is 5.69 Å². The molecule has 8 nitrogen and oxygen atoms in total. The molecule has 1 rings (SSSR count). The number of aromatic nitrogens is 1. The summed E-state index contributed by atoms with van der Waals surface area (Å²) in [5.41, 5.74) is -0.472. The Balaban J connectivity index is 3.04. The molecule has 19 heavy (non-hydrogen) atoms. The zero-order chi connectivity index (χ0) is 14.6. The maximum Gasteiger partial charge on any atom is 0.354 e. The number of likely N-dealkylation sites (N-methyl/N-ethyl adjacent to an activating group) is 1. The SMILES string of the molecule is CC(CN(C)C)Nc1nc(C(=O)O)ccc1[N+](=O)[O-]. The molecular weight excluding hydrogens is 252 g/mol. The van der Waals surface area contributed by atoms with Crippen molar-refractivity contribution >= 4 is 17.5 Å². The van der Waals surface area contributed by atoms with Gasteiger partial charge in [-0.1, -0.05) is 0 Å². The van der Waals surface area contributed by atoms with Crippen LogP contribution in [-0.4, -0.2) is 52.6 Å². The van der Waals surface area contributed by atoms with Crippen LogP contribution in [0.1, 0.15) is 17.4 Å². The van der Waals surface area contributed by atoms with Gasteiger partial charge < -0.3 is 15.3 Å². The van der Waals surface area contributed by atoms with Crippen LogP contribution < -0.4 is 5.32 Å². The van der Waals surface area contributed by atoms with E-state index < -0.39 is 10.9 Å². The number of aromatic carboxylic acids is 1. The molecule has 0 aromatic carbocycles. The van der Waals surface area contributed by atoms with E-state index in [4.69, 9.17) is 5.11 Å². The van der Waals surface area contributed by atoms with E-state index in [0.29, 0.717) is 6.54 Å². The van der Waals surface area contributed by atoms with Crippen LogP contribution in [0.5, 0.6) is 0 Å². The summed E-state index contributed by atoms with van der Waals surface area (Å²) >= 11 is 0. The summed E-state index contributed by atoms with van der Waals surface area (Å²) in [6.07, 6.45) is 0. The summed E-state index contributed by atoms with van der Waals surface area (Å²) in [6.45, 7) is 2.47. The van der Waals surface area contributed by atoms with E-state index in [0.717, 1.165) is 12.1 Å². The van der Waals surface area contributed by atoms with Gasteiger partial charge in [-0.15, -0.1) is 0 Å². The van der Waals surface area contributed by atoms with Crippen LogP contribution in [0.25, 0.3) is 0 Å². The Hall–Kier alpha value is -2.22. The lowest BCUT2D eigenvalue weighted by molar-refractivity contribution is -0.384. The predicted octanol–water partition coefficient (Wildman–Crippen LogP) is 1.05. The zero-order valence-electron chi connectivity index (χ0n) is 11.0. The molecule has 1 unspecified atom stereocenters. The lowest BCUT2D eigenvalue weighted by atomic mass is 10.2. The molecular formula is C11H16N4O4. The van der Waals surface area contributed by atoms with Gasteiger partial charge >= 0.3 is 11.7 Å². The van der Waals surface area contributed by atoms with Crippen molar-refractivity contribution in [1.29, 1.82) is 0 Å². The second-order valence-electron chi connectivity index (χ2n) is 4.43. The van der Waals surface area contributed by atoms with Crippen molar-refractivity contribution in [3.63, 3.8) is 0 Å². The monoisotopic (exact) mass is 268 g/mol. The van der Waals surface area contributed by atoms with Gasteiger partial charge in [0.2, 0.25) is 5.82 Å². The molecule has 2 N–H and O–H groups in total. The standard InChI is InChI=1S/C11H16N4O4/c1-7(6-14(2)3)12-10-9(15(18)19)5-4-8(13-10)11(16)17/h4-5,7H,6H2,1-3H3,(H,12,13)(H,16,17). The van der Waals surface area contributed by atoms with Crippen molar-refractivity contribution < 1.29 is 14.8 Å². The Labute approximate surface area is 110 Å². The Bertz CT molecular complexity index is 490. The van der Waals surface area contributed by atoms with E-state index in [9.17, 15) is 14.9 Å². The van der Waals surface area contributed by atoms with Gasteiger partial charge in [0.05, 0.1) is 4.92 Å². The van der Waals surface area contributed by atoms with Crippen molar-refractivity contribution in [2.75, 3.05) is 26.0 Å². The van der Waals surface area contributed by atoms with Crippen molar-refractivity contribution in [3.8, 4) is 0 Å². The molecule has 0 saturated heterocycles. The summed E-state index contributed by atoms with van der Waals surface area (Å²) in [5, 5.41) is 22.6. The smallest absolute Gasteiger partial charge is 0.354 e. The first-order valence-electron chi connectivity index (χ1n) is 5.61. The molecule has 1 aromatic heterocycles. The molecule has 0 saturated carbocycles. The summed E-state index contributed by atoms with van der Waals surface area (Å²) < 4.78 is 0. The third-order valence-corrected chi connectivity index (χ3v) is 2.31. The Kier molecular flexibility index (Phi) is 4.76. The number of carbonyl (C=O) groups is 1.